The minimum Gasteiger partial charge on any atom is -0.463 e. The highest BCUT2D eigenvalue weighted by molar-refractivity contribution is 9.10. The summed E-state index contributed by atoms with van der Waals surface area (Å²) in [7, 11) is 0. The van der Waals surface area contributed by atoms with Crippen molar-refractivity contribution in [3.05, 3.63) is 112 Å². The van der Waals surface area contributed by atoms with Crippen LogP contribution in [0.15, 0.2) is 85.9 Å². The minimum absolute atomic E-state index is 0.183. The predicted molar refractivity (Wildman–Crippen MR) is 147 cm³/mol. The first-order valence-electron chi connectivity index (χ1n) is 11.4. The molecule has 4 heterocycles. The third kappa shape index (κ3) is 3.92. The number of fused-ring (bicyclic) bond motifs is 2. The molecule has 2 aromatic heterocycles. The van der Waals surface area contributed by atoms with Crippen LogP contribution in [0.4, 0.5) is 5.69 Å². The summed E-state index contributed by atoms with van der Waals surface area (Å²) in [5.74, 6) is -0.881. The molecule has 4 aromatic rings. The Morgan fingerprint density at radius 1 is 1.14 bits per heavy atom. The number of thiophene rings is 1. The van der Waals surface area contributed by atoms with Gasteiger partial charge in [0.2, 0.25) is 0 Å². The number of esters is 1. The third-order valence-corrected chi connectivity index (χ3v) is 8.59. The Morgan fingerprint density at radius 3 is 2.68 bits per heavy atom. The average molecular weight is 592 g/mol. The Hall–Kier alpha value is -3.60. The van der Waals surface area contributed by atoms with Crippen molar-refractivity contribution in [2.45, 2.75) is 13.0 Å². The van der Waals surface area contributed by atoms with Gasteiger partial charge in [-0.2, -0.15) is 0 Å². The summed E-state index contributed by atoms with van der Waals surface area (Å²) in [6.45, 7) is 1.92. The molecule has 0 saturated heterocycles. The largest absolute Gasteiger partial charge is 0.463 e. The number of hydrogen-bond acceptors (Lipinski definition) is 7. The molecule has 1 atom stereocenters. The lowest BCUT2D eigenvalue weighted by atomic mass is 9.97. The number of hydrogen-bond donors (Lipinski definition) is 1. The molecule has 2 aliphatic rings. The van der Waals surface area contributed by atoms with E-state index in [9.17, 15) is 14.4 Å². The number of carbonyl (C=O) groups is 2. The number of anilines is 1. The van der Waals surface area contributed by atoms with Gasteiger partial charge >= 0.3 is 5.97 Å². The Kier molecular flexibility index (Phi) is 6.02. The molecule has 37 heavy (non-hydrogen) atoms. The van der Waals surface area contributed by atoms with E-state index in [0.717, 1.165) is 26.3 Å². The summed E-state index contributed by atoms with van der Waals surface area (Å²) in [5.41, 5.74) is 2.68. The van der Waals surface area contributed by atoms with Crippen LogP contribution in [0.2, 0.25) is 0 Å². The molecule has 0 saturated carbocycles. The Morgan fingerprint density at radius 2 is 1.95 bits per heavy atom. The third-order valence-electron chi connectivity index (χ3n) is 6.12. The van der Waals surface area contributed by atoms with E-state index in [-0.39, 0.29) is 22.6 Å². The molecule has 184 valence electrons. The molecule has 1 N–H and O–H groups in total. The predicted octanol–water partition coefficient (Wildman–Crippen LogP) is 4.08. The highest BCUT2D eigenvalue weighted by Crippen LogP contribution is 2.37. The average Bonchev–Trinajstić information content (AvgIpc) is 3.61. The van der Waals surface area contributed by atoms with Gasteiger partial charge in [-0.1, -0.05) is 63.7 Å². The van der Waals surface area contributed by atoms with E-state index >= 15 is 0 Å². The molecule has 1 amide bonds. The molecule has 2 aliphatic heterocycles. The van der Waals surface area contributed by atoms with Crippen LogP contribution in [0.25, 0.3) is 11.3 Å². The van der Waals surface area contributed by atoms with Gasteiger partial charge in [0.1, 0.15) is 10.6 Å². The van der Waals surface area contributed by atoms with Crippen molar-refractivity contribution in [1.82, 2.24) is 4.57 Å². The van der Waals surface area contributed by atoms with Crippen LogP contribution < -0.4 is 20.2 Å². The number of nitrogens with one attached hydrogen (secondary N) is 1. The summed E-state index contributed by atoms with van der Waals surface area (Å²) >= 11 is 6.05. The van der Waals surface area contributed by atoms with Crippen LogP contribution in [0.5, 0.6) is 0 Å². The fourth-order valence-corrected chi connectivity index (χ4v) is 6.85. The first kappa shape index (κ1) is 23.8. The molecule has 2 aromatic carbocycles. The SMILES string of the molecule is CCOC(=O)C1=C(c2ccccc2)N=c2s/c(=C3\C(=O)Nc4ccc(Br)cc43)c(=O)n2[C@@H]1c1cccs1. The van der Waals surface area contributed by atoms with Gasteiger partial charge in [-0.05, 0) is 36.6 Å². The van der Waals surface area contributed by atoms with Crippen molar-refractivity contribution >= 4 is 67.4 Å². The molecule has 10 heteroatoms. The van der Waals surface area contributed by atoms with Gasteiger partial charge in [0.25, 0.3) is 11.5 Å². The highest BCUT2D eigenvalue weighted by atomic mass is 79.9. The maximum absolute atomic E-state index is 14.0. The van der Waals surface area contributed by atoms with E-state index in [0.29, 0.717) is 32.9 Å². The molecule has 0 fully saturated rings. The van der Waals surface area contributed by atoms with Crippen LogP contribution in [-0.2, 0) is 14.3 Å². The highest BCUT2D eigenvalue weighted by Gasteiger charge is 2.37. The number of ether oxygens (including phenoxy) is 1. The standard InChI is InChI=1S/C27H18BrN3O4S2/c1-2-35-26(34)20-21(14-7-4-3-5-8-14)30-27-31(22(20)18-9-6-12-36-18)25(33)23(37-27)19-16-13-15(28)10-11-17(16)29-24(19)32/h3-13,22H,2H2,1H3,(H,29,32)/b23-19-/t22-/m1/s1. The maximum Gasteiger partial charge on any atom is 0.338 e. The van der Waals surface area contributed by atoms with Crippen molar-refractivity contribution in [2.75, 3.05) is 11.9 Å². The van der Waals surface area contributed by atoms with Crippen LogP contribution in [-0.4, -0.2) is 23.1 Å². The monoisotopic (exact) mass is 591 g/mol. The van der Waals surface area contributed by atoms with Gasteiger partial charge in [-0.15, -0.1) is 11.3 Å². The minimum atomic E-state index is -0.744. The molecule has 0 aliphatic carbocycles. The molecular weight excluding hydrogens is 574 g/mol. The lowest BCUT2D eigenvalue weighted by Crippen LogP contribution is -2.40. The molecule has 6 rings (SSSR count). The second-order valence-electron chi connectivity index (χ2n) is 8.29. The molecule has 0 radical (unpaired) electrons. The number of aromatic nitrogens is 1. The molecule has 0 spiro atoms. The van der Waals surface area contributed by atoms with E-state index in [1.807, 2.05) is 60.0 Å². The molecule has 0 unspecified atom stereocenters. The normalized spacial score (nSPS) is 17.7. The fraction of sp³-hybridized carbons (Fsp3) is 0.111. The number of benzene rings is 2. The number of rotatable bonds is 4. The Bertz CT molecular complexity index is 1790. The summed E-state index contributed by atoms with van der Waals surface area (Å²) in [4.78, 5) is 46.5. The van der Waals surface area contributed by atoms with E-state index in [4.69, 9.17) is 9.73 Å². The molecule has 0 bridgehead atoms. The van der Waals surface area contributed by atoms with Crippen LogP contribution in [0.1, 0.15) is 29.0 Å². The molecule has 7 nitrogen and oxygen atoms in total. The summed E-state index contributed by atoms with van der Waals surface area (Å²) in [5, 5.41) is 4.75. The maximum atomic E-state index is 14.0. The number of amides is 1. The number of carbonyl (C=O) groups excluding carboxylic acids is 2. The van der Waals surface area contributed by atoms with Crippen molar-refractivity contribution in [3.63, 3.8) is 0 Å². The second kappa shape index (κ2) is 9.37. The van der Waals surface area contributed by atoms with E-state index in [1.54, 1.807) is 13.0 Å². The quantitative estimate of drug-likeness (QED) is 0.362. The number of nitrogens with zero attached hydrogens (tertiary/aromatic N) is 2. The van der Waals surface area contributed by atoms with Gasteiger partial charge < -0.3 is 10.1 Å². The smallest absolute Gasteiger partial charge is 0.338 e. The summed E-state index contributed by atoms with van der Waals surface area (Å²) < 4.78 is 8.04. The van der Waals surface area contributed by atoms with Crippen molar-refractivity contribution in [3.8, 4) is 0 Å². The van der Waals surface area contributed by atoms with E-state index in [1.165, 1.54) is 15.9 Å². The van der Waals surface area contributed by atoms with E-state index in [2.05, 4.69) is 21.2 Å². The van der Waals surface area contributed by atoms with Gasteiger partial charge in [-0.25, -0.2) is 9.79 Å². The van der Waals surface area contributed by atoms with Crippen LogP contribution >= 0.6 is 38.6 Å². The zero-order valence-corrected chi connectivity index (χ0v) is 22.6. The van der Waals surface area contributed by atoms with Crippen LogP contribution in [0.3, 0.4) is 0 Å². The van der Waals surface area contributed by atoms with Gasteiger partial charge in [0.15, 0.2) is 4.80 Å². The Balaban J connectivity index is 1.71. The van der Waals surface area contributed by atoms with E-state index < -0.39 is 12.0 Å². The topological polar surface area (TPSA) is 89.8 Å². The van der Waals surface area contributed by atoms with Crippen molar-refractivity contribution in [1.29, 1.82) is 0 Å². The Labute approximate surface area is 227 Å². The summed E-state index contributed by atoms with van der Waals surface area (Å²) in [6.07, 6.45) is 0. The van der Waals surface area contributed by atoms with Gasteiger partial charge in [0, 0.05) is 26.2 Å². The first-order chi connectivity index (χ1) is 18.0. The fourth-order valence-electron chi connectivity index (χ4n) is 4.57. The van der Waals surface area contributed by atoms with Crippen molar-refractivity contribution < 1.29 is 14.3 Å². The summed E-state index contributed by atoms with van der Waals surface area (Å²) in [6, 6.07) is 17.8. The van der Waals surface area contributed by atoms with Gasteiger partial charge in [0.05, 0.1) is 23.5 Å². The first-order valence-corrected chi connectivity index (χ1v) is 13.9. The zero-order chi connectivity index (χ0) is 25.7. The van der Waals surface area contributed by atoms with Gasteiger partial charge in [-0.3, -0.25) is 14.2 Å². The van der Waals surface area contributed by atoms with Crippen molar-refractivity contribution in [2.24, 2.45) is 4.99 Å². The second-order valence-corrected chi connectivity index (χ2v) is 11.2. The molecular formula is C27H18BrN3O4S2. The van der Waals surface area contributed by atoms with Crippen LogP contribution in [0, 0.1) is 0 Å². The lowest BCUT2D eigenvalue weighted by molar-refractivity contribution is -0.138. The lowest BCUT2D eigenvalue weighted by Gasteiger charge is -2.24. The number of halogens is 1. The zero-order valence-electron chi connectivity index (χ0n) is 19.4. The number of thiazole rings is 1.